The van der Waals surface area contributed by atoms with Crippen molar-refractivity contribution in [3.8, 4) is 5.75 Å². The van der Waals surface area contributed by atoms with Gasteiger partial charge in [0.15, 0.2) is 0 Å². The molecule has 0 bridgehead atoms. The van der Waals surface area contributed by atoms with Gasteiger partial charge in [-0.15, -0.1) is 0 Å². The molecule has 1 aromatic carbocycles. The number of carbonyl (C=O) groups is 1. The number of piperazine rings is 1. The maximum Gasteiger partial charge on any atom is 0.317 e. The molecule has 1 aliphatic carbocycles. The topological polar surface area (TPSA) is 55.8 Å². The first-order valence-electron chi connectivity index (χ1n) is 9.30. The number of phenolic OH excluding ortho intramolecular Hbond substituents is 1. The first-order chi connectivity index (χ1) is 11.7. The molecule has 1 heterocycles. The second-order valence-electron chi connectivity index (χ2n) is 6.99. The van der Waals surface area contributed by atoms with Crippen molar-refractivity contribution in [3.63, 3.8) is 0 Å². The monoisotopic (exact) mass is 331 g/mol. The maximum absolute atomic E-state index is 12.3. The molecule has 0 atom stereocenters. The molecule has 1 saturated heterocycles. The van der Waals surface area contributed by atoms with E-state index in [2.05, 4.69) is 10.2 Å². The molecular weight excluding hydrogens is 302 g/mol. The molecule has 1 aliphatic heterocycles. The summed E-state index contributed by atoms with van der Waals surface area (Å²) in [5, 5.41) is 13.0. The summed E-state index contributed by atoms with van der Waals surface area (Å²) >= 11 is 0. The molecule has 24 heavy (non-hydrogen) atoms. The molecule has 1 aromatic rings. The first kappa shape index (κ1) is 16.9. The van der Waals surface area contributed by atoms with Crippen LogP contribution in [0.25, 0.3) is 0 Å². The smallest absolute Gasteiger partial charge is 0.317 e. The Morgan fingerprint density at radius 2 is 1.79 bits per heavy atom. The predicted octanol–water partition coefficient (Wildman–Crippen LogP) is 3.19. The van der Waals surface area contributed by atoms with Crippen LogP contribution in [0.5, 0.6) is 5.75 Å². The number of benzene rings is 1. The highest BCUT2D eigenvalue weighted by Gasteiger charge is 2.22. The Hall–Kier alpha value is -1.91. The van der Waals surface area contributed by atoms with Crippen LogP contribution in [0.1, 0.15) is 38.5 Å². The number of carbonyl (C=O) groups excluding carboxylic acids is 1. The van der Waals surface area contributed by atoms with Crippen molar-refractivity contribution in [2.24, 2.45) is 5.92 Å². The van der Waals surface area contributed by atoms with Gasteiger partial charge in [-0.1, -0.05) is 44.2 Å². The van der Waals surface area contributed by atoms with Gasteiger partial charge in [0.1, 0.15) is 5.75 Å². The summed E-state index contributed by atoms with van der Waals surface area (Å²) < 4.78 is 0. The first-order valence-corrected chi connectivity index (χ1v) is 9.30. The molecule has 2 amide bonds. The number of para-hydroxylation sites is 2. The summed E-state index contributed by atoms with van der Waals surface area (Å²) in [7, 11) is 0. The third-order valence-corrected chi connectivity index (χ3v) is 5.34. The standard InChI is InChI=1S/C19H29N3O2/c23-18-9-5-4-8-17(18)21-12-14-22(15-13-21)19(24)20-11-10-16-6-2-1-3-7-16/h4-5,8-9,16,23H,1-3,6-7,10-15H2,(H,20,24). The fourth-order valence-corrected chi connectivity index (χ4v) is 3.85. The third-order valence-electron chi connectivity index (χ3n) is 5.34. The van der Waals surface area contributed by atoms with E-state index in [-0.39, 0.29) is 6.03 Å². The SMILES string of the molecule is O=C(NCCC1CCCCC1)N1CCN(c2ccccc2O)CC1. The van der Waals surface area contributed by atoms with Gasteiger partial charge in [-0.05, 0) is 24.5 Å². The van der Waals surface area contributed by atoms with E-state index in [4.69, 9.17) is 0 Å². The predicted molar refractivity (Wildman–Crippen MR) is 96.5 cm³/mol. The van der Waals surface area contributed by atoms with E-state index in [9.17, 15) is 9.90 Å². The average Bonchev–Trinajstić information content (AvgIpc) is 2.63. The van der Waals surface area contributed by atoms with Gasteiger partial charge in [0.25, 0.3) is 0 Å². The second-order valence-corrected chi connectivity index (χ2v) is 6.99. The van der Waals surface area contributed by atoms with Crippen LogP contribution in [0, 0.1) is 5.92 Å². The van der Waals surface area contributed by atoms with E-state index in [1.165, 1.54) is 32.1 Å². The van der Waals surface area contributed by atoms with E-state index in [1.54, 1.807) is 6.07 Å². The van der Waals surface area contributed by atoms with Crippen LogP contribution < -0.4 is 10.2 Å². The number of nitrogens with zero attached hydrogens (tertiary/aromatic N) is 2. The van der Waals surface area contributed by atoms with Crippen LogP contribution >= 0.6 is 0 Å². The fraction of sp³-hybridized carbons (Fsp3) is 0.632. The summed E-state index contributed by atoms with van der Waals surface area (Å²) in [6.45, 7) is 3.71. The molecular formula is C19H29N3O2. The zero-order chi connectivity index (χ0) is 16.8. The Labute approximate surface area is 144 Å². The highest BCUT2D eigenvalue weighted by atomic mass is 16.3. The molecule has 3 rings (SSSR count). The highest BCUT2D eigenvalue weighted by molar-refractivity contribution is 5.74. The molecule has 1 saturated carbocycles. The Morgan fingerprint density at radius 1 is 1.08 bits per heavy atom. The Kier molecular flexibility index (Phi) is 5.83. The highest BCUT2D eigenvalue weighted by Crippen LogP contribution is 2.27. The number of hydrogen-bond donors (Lipinski definition) is 2. The van der Waals surface area contributed by atoms with E-state index >= 15 is 0 Å². The van der Waals surface area contributed by atoms with Crippen molar-refractivity contribution in [1.29, 1.82) is 0 Å². The summed E-state index contributed by atoms with van der Waals surface area (Å²) in [5.74, 6) is 1.11. The lowest BCUT2D eigenvalue weighted by atomic mass is 9.87. The van der Waals surface area contributed by atoms with Crippen LogP contribution in [-0.2, 0) is 0 Å². The van der Waals surface area contributed by atoms with Crippen molar-refractivity contribution in [2.45, 2.75) is 38.5 Å². The minimum absolute atomic E-state index is 0.0581. The largest absolute Gasteiger partial charge is 0.506 e. The number of rotatable bonds is 4. The van der Waals surface area contributed by atoms with Gasteiger partial charge in [-0.25, -0.2) is 4.79 Å². The number of phenols is 1. The van der Waals surface area contributed by atoms with Crippen LogP contribution in [0.2, 0.25) is 0 Å². The Morgan fingerprint density at radius 3 is 2.50 bits per heavy atom. The molecule has 0 spiro atoms. The number of hydrogen-bond acceptors (Lipinski definition) is 3. The quantitative estimate of drug-likeness (QED) is 0.891. The number of aromatic hydroxyl groups is 1. The summed E-state index contributed by atoms with van der Waals surface area (Å²) in [4.78, 5) is 16.3. The van der Waals surface area contributed by atoms with Crippen molar-refractivity contribution in [1.82, 2.24) is 10.2 Å². The summed E-state index contributed by atoms with van der Waals surface area (Å²) in [6, 6.07) is 7.45. The van der Waals surface area contributed by atoms with Crippen LogP contribution in [0.15, 0.2) is 24.3 Å². The molecule has 2 fully saturated rings. The van der Waals surface area contributed by atoms with Crippen LogP contribution in [-0.4, -0.2) is 48.8 Å². The number of urea groups is 1. The number of anilines is 1. The molecule has 0 aromatic heterocycles. The van der Waals surface area contributed by atoms with E-state index < -0.39 is 0 Å². The molecule has 0 unspecified atom stereocenters. The molecule has 5 heteroatoms. The summed E-state index contributed by atoms with van der Waals surface area (Å²) in [5.41, 5.74) is 0.856. The van der Waals surface area contributed by atoms with Gasteiger partial charge >= 0.3 is 6.03 Å². The Balaban J connectivity index is 1.39. The molecule has 2 aliphatic rings. The van der Waals surface area contributed by atoms with Crippen LogP contribution in [0.3, 0.4) is 0 Å². The van der Waals surface area contributed by atoms with Crippen molar-refractivity contribution < 1.29 is 9.90 Å². The van der Waals surface area contributed by atoms with Gasteiger partial charge < -0.3 is 20.2 Å². The Bertz CT molecular complexity index is 535. The lowest BCUT2D eigenvalue weighted by molar-refractivity contribution is 0.193. The van der Waals surface area contributed by atoms with Crippen molar-refractivity contribution >= 4 is 11.7 Å². The van der Waals surface area contributed by atoms with Crippen LogP contribution in [0.4, 0.5) is 10.5 Å². The van der Waals surface area contributed by atoms with E-state index in [0.717, 1.165) is 37.7 Å². The lowest BCUT2D eigenvalue weighted by Crippen LogP contribution is -2.52. The normalized spacial score (nSPS) is 19.3. The number of amides is 2. The zero-order valence-corrected chi connectivity index (χ0v) is 14.4. The average molecular weight is 331 g/mol. The third kappa shape index (κ3) is 4.34. The number of nitrogens with one attached hydrogen (secondary N) is 1. The molecule has 0 radical (unpaired) electrons. The molecule has 132 valence electrons. The van der Waals surface area contributed by atoms with Gasteiger partial charge in [0.05, 0.1) is 5.69 Å². The van der Waals surface area contributed by atoms with Crippen molar-refractivity contribution in [2.75, 3.05) is 37.6 Å². The minimum Gasteiger partial charge on any atom is -0.506 e. The fourth-order valence-electron chi connectivity index (χ4n) is 3.85. The maximum atomic E-state index is 12.3. The lowest BCUT2D eigenvalue weighted by Gasteiger charge is -2.36. The van der Waals surface area contributed by atoms with Gasteiger partial charge in [-0.3, -0.25) is 0 Å². The van der Waals surface area contributed by atoms with E-state index in [0.29, 0.717) is 18.8 Å². The second kappa shape index (κ2) is 8.27. The minimum atomic E-state index is 0.0581. The molecule has 5 nitrogen and oxygen atoms in total. The van der Waals surface area contributed by atoms with Gasteiger partial charge in [0.2, 0.25) is 0 Å². The van der Waals surface area contributed by atoms with Gasteiger partial charge in [-0.2, -0.15) is 0 Å². The van der Waals surface area contributed by atoms with Crippen molar-refractivity contribution in [3.05, 3.63) is 24.3 Å². The summed E-state index contributed by atoms with van der Waals surface area (Å²) in [6.07, 6.45) is 7.86. The van der Waals surface area contributed by atoms with E-state index in [1.807, 2.05) is 23.1 Å². The zero-order valence-electron chi connectivity index (χ0n) is 14.4. The molecule has 2 N–H and O–H groups in total. The van der Waals surface area contributed by atoms with Gasteiger partial charge in [0, 0.05) is 32.7 Å².